The van der Waals surface area contributed by atoms with Crippen LogP contribution in [0.3, 0.4) is 0 Å². The Kier molecular flexibility index (Phi) is 3.92. The summed E-state index contributed by atoms with van der Waals surface area (Å²) in [6, 6.07) is 0.0639. The summed E-state index contributed by atoms with van der Waals surface area (Å²) in [5.41, 5.74) is 0. The van der Waals surface area contributed by atoms with E-state index in [1.54, 1.807) is 0 Å². The quantitative estimate of drug-likeness (QED) is 0.725. The van der Waals surface area contributed by atoms with Crippen LogP contribution in [0, 0.1) is 5.92 Å². The standard InChI is InChI=1S/C9H19NO3S/c1-7-4-3-5-9(7)10-14(12,13)8(2)6-11/h7-11H,3-6H2,1-2H3. The minimum atomic E-state index is -3.33. The molecule has 0 aromatic heterocycles. The van der Waals surface area contributed by atoms with E-state index in [2.05, 4.69) is 11.6 Å². The molecule has 1 saturated carbocycles. The van der Waals surface area contributed by atoms with Gasteiger partial charge in [0.25, 0.3) is 0 Å². The van der Waals surface area contributed by atoms with E-state index in [9.17, 15) is 8.42 Å². The molecule has 0 aromatic carbocycles. The molecule has 3 unspecified atom stereocenters. The van der Waals surface area contributed by atoms with Gasteiger partial charge in [0.2, 0.25) is 10.0 Å². The highest BCUT2D eigenvalue weighted by Gasteiger charge is 2.29. The Bertz CT molecular complexity index is 276. The predicted molar refractivity (Wildman–Crippen MR) is 55.4 cm³/mol. The van der Waals surface area contributed by atoms with E-state index in [0.29, 0.717) is 5.92 Å². The smallest absolute Gasteiger partial charge is 0.216 e. The van der Waals surface area contributed by atoms with Crippen molar-refractivity contribution in [3.05, 3.63) is 0 Å². The molecule has 0 heterocycles. The Labute approximate surface area is 85.8 Å². The molecule has 0 radical (unpaired) electrons. The topological polar surface area (TPSA) is 66.4 Å². The molecule has 4 nitrogen and oxygen atoms in total. The molecule has 0 amide bonds. The van der Waals surface area contributed by atoms with Crippen molar-refractivity contribution in [1.29, 1.82) is 0 Å². The molecule has 1 rings (SSSR count). The molecule has 0 aromatic rings. The average molecular weight is 221 g/mol. The number of aliphatic hydroxyl groups is 1. The molecule has 1 aliphatic rings. The second-order valence-corrected chi connectivity index (χ2v) is 6.30. The fourth-order valence-electron chi connectivity index (χ4n) is 1.75. The second-order valence-electron chi connectivity index (χ2n) is 4.17. The maximum absolute atomic E-state index is 11.6. The number of aliphatic hydroxyl groups excluding tert-OH is 1. The van der Waals surface area contributed by atoms with Gasteiger partial charge in [0, 0.05) is 6.04 Å². The first-order valence-corrected chi connectivity index (χ1v) is 6.64. The number of hydrogen-bond acceptors (Lipinski definition) is 3. The molecule has 14 heavy (non-hydrogen) atoms. The zero-order valence-corrected chi connectivity index (χ0v) is 9.55. The van der Waals surface area contributed by atoms with Gasteiger partial charge in [-0.15, -0.1) is 0 Å². The third-order valence-electron chi connectivity index (χ3n) is 2.96. The van der Waals surface area contributed by atoms with E-state index >= 15 is 0 Å². The van der Waals surface area contributed by atoms with Crippen LogP contribution in [0.5, 0.6) is 0 Å². The number of nitrogens with one attached hydrogen (secondary N) is 1. The summed E-state index contributed by atoms with van der Waals surface area (Å²) >= 11 is 0. The normalized spacial score (nSPS) is 30.5. The molecule has 0 spiro atoms. The first-order chi connectivity index (χ1) is 6.47. The maximum Gasteiger partial charge on any atom is 0.216 e. The SMILES string of the molecule is CC1CCCC1NS(=O)(=O)C(C)CO. The third-order valence-corrected chi connectivity index (χ3v) is 4.80. The van der Waals surface area contributed by atoms with Gasteiger partial charge in [-0.25, -0.2) is 13.1 Å². The van der Waals surface area contributed by atoms with Crippen molar-refractivity contribution in [2.24, 2.45) is 5.92 Å². The van der Waals surface area contributed by atoms with E-state index < -0.39 is 15.3 Å². The highest BCUT2D eigenvalue weighted by atomic mass is 32.2. The van der Waals surface area contributed by atoms with E-state index in [4.69, 9.17) is 5.11 Å². The minimum absolute atomic E-state index is 0.0639. The Balaban J connectivity index is 2.58. The Morgan fingerprint density at radius 2 is 2.14 bits per heavy atom. The molecule has 2 N–H and O–H groups in total. The summed E-state index contributed by atoms with van der Waals surface area (Å²) < 4.78 is 25.9. The molecule has 3 atom stereocenters. The lowest BCUT2D eigenvalue weighted by Gasteiger charge is -2.19. The van der Waals surface area contributed by atoms with Gasteiger partial charge in [-0.1, -0.05) is 13.3 Å². The average Bonchev–Trinajstić information content (AvgIpc) is 2.50. The van der Waals surface area contributed by atoms with Crippen molar-refractivity contribution < 1.29 is 13.5 Å². The fourth-order valence-corrected chi connectivity index (χ4v) is 2.95. The summed E-state index contributed by atoms with van der Waals surface area (Å²) in [5, 5.41) is 8.08. The summed E-state index contributed by atoms with van der Waals surface area (Å²) in [5.74, 6) is 0.413. The zero-order chi connectivity index (χ0) is 10.8. The Morgan fingerprint density at radius 3 is 2.57 bits per heavy atom. The molecule has 0 saturated heterocycles. The van der Waals surface area contributed by atoms with Gasteiger partial charge in [0.15, 0.2) is 0 Å². The van der Waals surface area contributed by atoms with Crippen LogP contribution in [0.4, 0.5) is 0 Å². The fraction of sp³-hybridized carbons (Fsp3) is 1.00. The number of rotatable bonds is 4. The lowest BCUT2D eigenvalue weighted by Crippen LogP contribution is -2.42. The van der Waals surface area contributed by atoms with Crippen molar-refractivity contribution >= 4 is 10.0 Å². The molecular formula is C9H19NO3S. The summed E-state index contributed by atoms with van der Waals surface area (Å²) in [6.45, 7) is 3.25. The van der Waals surface area contributed by atoms with Gasteiger partial charge in [-0.2, -0.15) is 0 Å². The lowest BCUT2D eigenvalue weighted by atomic mass is 10.1. The van der Waals surface area contributed by atoms with Crippen LogP contribution < -0.4 is 4.72 Å². The van der Waals surface area contributed by atoms with E-state index in [0.717, 1.165) is 19.3 Å². The zero-order valence-electron chi connectivity index (χ0n) is 8.73. The van der Waals surface area contributed by atoms with Crippen molar-refractivity contribution in [2.45, 2.75) is 44.4 Å². The van der Waals surface area contributed by atoms with Crippen molar-refractivity contribution in [2.75, 3.05) is 6.61 Å². The van der Waals surface area contributed by atoms with E-state index in [-0.39, 0.29) is 12.6 Å². The summed E-state index contributed by atoms with van der Waals surface area (Å²) in [6.07, 6.45) is 3.08. The highest BCUT2D eigenvalue weighted by Crippen LogP contribution is 2.25. The Hall–Kier alpha value is -0.130. The highest BCUT2D eigenvalue weighted by molar-refractivity contribution is 7.90. The lowest BCUT2D eigenvalue weighted by molar-refractivity contribution is 0.294. The Morgan fingerprint density at radius 1 is 1.50 bits per heavy atom. The molecule has 5 heteroatoms. The van der Waals surface area contributed by atoms with Gasteiger partial charge >= 0.3 is 0 Å². The van der Waals surface area contributed by atoms with Crippen LogP contribution in [0.1, 0.15) is 33.1 Å². The summed E-state index contributed by atoms with van der Waals surface area (Å²) in [4.78, 5) is 0. The molecule has 84 valence electrons. The van der Waals surface area contributed by atoms with Crippen LogP contribution in [0.25, 0.3) is 0 Å². The van der Waals surface area contributed by atoms with Crippen molar-refractivity contribution in [3.63, 3.8) is 0 Å². The van der Waals surface area contributed by atoms with Gasteiger partial charge in [0.05, 0.1) is 11.9 Å². The maximum atomic E-state index is 11.6. The van der Waals surface area contributed by atoms with Gasteiger partial charge in [-0.3, -0.25) is 0 Å². The first-order valence-electron chi connectivity index (χ1n) is 5.09. The minimum Gasteiger partial charge on any atom is -0.395 e. The molecule has 1 fully saturated rings. The van der Waals surface area contributed by atoms with Crippen molar-refractivity contribution in [1.82, 2.24) is 4.72 Å². The van der Waals surface area contributed by atoms with Crippen LogP contribution in [0.2, 0.25) is 0 Å². The largest absolute Gasteiger partial charge is 0.395 e. The molecule has 0 bridgehead atoms. The van der Waals surface area contributed by atoms with Crippen molar-refractivity contribution in [3.8, 4) is 0 Å². The monoisotopic (exact) mass is 221 g/mol. The first kappa shape index (κ1) is 11.9. The van der Waals surface area contributed by atoms with Gasteiger partial charge in [-0.05, 0) is 25.7 Å². The van der Waals surface area contributed by atoms with Crippen LogP contribution in [-0.4, -0.2) is 31.4 Å². The van der Waals surface area contributed by atoms with E-state index in [1.165, 1.54) is 6.92 Å². The number of sulfonamides is 1. The number of hydrogen-bond donors (Lipinski definition) is 2. The van der Waals surface area contributed by atoms with Gasteiger partial charge in [0.1, 0.15) is 0 Å². The van der Waals surface area contributed by atoms with Crippen LogP contribution in [-0.2, 0) is 10.0 Å². The summed E-state index contributed by atoms with van der Waals surface area (Å²) in [7, 11) is -3.33. The van der Waals surface area contributed by atoms with Crippen LogP contribution in [0.15, 0.2) is 0 Å². The molecule has 1 aliphatic carbocycles. The van der Waals surface area contributed by atoms with Gasteiger partial charge < -0.3 is 5.11 Å². The van der Waals surface area contributed by atoms with E-state index in [1.807, 2.05) is 0 Å². The van der Waals surface area contributed by atoms with Crippen LogP contribution >= 0.6 is 0 Å². The second kappa shape index (κ2) is 4.59. The molecule has 0 aliphatic heterocycles. The molecular weight excluding hydrogens is 202 g/mol. The third kappa shape index (κ3) is 2.68. The predicted octanol–water partition coefficient (Wildman–Crippen LogP) is 0.475.